The summed E-state index contributed by atoms with van der Waals surface area (Å²) in [4.78, 5) is 2.33. The molecule has 0 saturated heterocycles. The number of benzene rings is 10. The molecule has 1 aliphatic carbocycles. The summed E-state index contributed by atoms with van der Waals surface area (Å²) in [6.07, 6.45) is 13.7. The predicted octanol–water partition coefficient (Wildman–Crippen LogP) is 17.8. The number of aromatic nitrogens is 1. The van der Waals surface area contributed by atoms with E-state index in [4.69, 9.17) is 0 Å². The molecular weight excluding hydrogens is 797 g/mol. The van der Waals surface area contributed by atoms with Crippen molar-refractivity contribution in [2.45, 2.75) is 12.8 Å². The largest absolute Gasteiger partial charge is 0.310 e. The Morgan fingerprint density at radius 1 is 0.394 bits per heavy atom. The first-order valence-electron chi connectivity index (χ1n) is 23.0. The highest BCUT2D eigenvalue weighted by molar-refractivity contribution is 6.12. The van der Waals surface area contributed by atoms with Gasteiger partial charge in [0.05, 0.1) is 11.0 Å². The Kier molecular flexibility index (Phi) is 10.0. The minimum absolute atomic E-state index is 1.07. The van der Waals surface area contributed by atoms with Gasteiger partial charge in [0.2, 0.25) is 0 Å². The van der Waals surface area contributed by atoms with E-state index < -0.39 is 0 Å². The topological polar surface area (TPSA) is 8.17 Å². The standard InChI is InChI=1S/C64H46N2/c1-6-17-47(18-7-1)57-27-16-28-61-56(39-40-58(64(57)61)48-19-8-2-9-20-48)51-35-34-49-41-45(31-33-50(49)43-51)29-30-46-32-37-59-60-38-36-55(44-63(60)66(62(59)42-46)54-25-14-5-15-26-54)65(52-21-10-3-11-22-52)53-23-12-4-13-24-53/h2-6,8-44H,1,7H2/b30-29+. The maximum Gasteiger partial charge on any atom is 0.0561 e. The monoisotopic (exact) mass is 842 g/mol. The van der Waals surface area contributed by atoms with Crippen LogP contribution in [0, 0.1) is 0 Å². The lowest BCUT2D eigenvalue weighted by atomic mass is 9.86. The molecule has 66 heavy (non-hydrogen) atoms. The molecule has 1 aromatic heterocycles. The molecular formula is C64H46N2. The third-order valence-corrected chi connectivity index (χ3v) is 13.2. The molecule has 2 nitrogen and oxygen atoms in total. The second-order valence-electron chi connectivity index (χ2n) is 17.2. The maximum atomic E-state index is 2.41. The van der Waals surface area contributed by atoms with E-state index in [-0.39, 0.29) is 0 Å². The number of fused-ring (bicyclic) bond motifs is 5. The van der Waals surface area contributed by atoms with Crippen LogP contribution in [0.25, 0.3) is 89.0 Å². The van der Waals surface area contributed by atoms with E-state index in [1.54, 1.807) is 0 Å². The number of hydrogen-bond acceptors (Lipinski definition) is 1. The Labute approximate surface area is 386 Å². The van der Waals surface area contributed by atoms with Crippen LogP contribution in [0.3, 0.4) is 0 Å². The zero-order valence-corrected chi connectivity index (χ0v) is 36.6. The summed E-state index contributed by atoms with van der Waals surface area (Å²) in [5.41, 5.74) is 16.7. The fourth-order valence-corrected chi connectivity index (χ4v) is 10.0. The van der Waals surface area contributed by atoms with Crippen LogP contribution in [0.5, 0.6) is 0 Å². The Balaban J connectivity index is 0.902. The van der Waals surface area contributed by atoms with Crippen molar-refractivity contribution in [3.05, 3.63) is 259 Å². The van der Waals surface area contributed by atoms with Gasteiger partial charge in [0.1, 0.15) is 0 Å². The first-order chi connectivity index (χ1) is 32.7. The molecule has 2 heteroatoms. The van der Waals surface area contributed by atoms with Gasteiger partial charge in [-0.15, -0.1) is 0 Å². The van der Waals surface area contributed by atoms with Crippen LogP contribution >= 0.6 is 0 Å². The van der Waals surface area contributed by atoms with Crippen LogP contribution in [-0.4, -0.2) is 4.57 Å². The molecule has 0 amide bonds. The summed E-state index contributed by atoms with van der Waals surface area (Å²) in [5, 5.41) is 7.49. The lowest BCUT2D eigenvalue weighted by Gasteiger charge is -2.25. The number of rotatable bonds is 9. The molecule has 0 atom stereocenters. The minimum atomic E-state index is 1.07. The van der Waals surface area contributed by atoms with E-state index in [1.807, 2.05) is 0 Å². The van der Waals surface area contributed by atoms with Crippen molar-refractivity contribution >= 4 is 78.1 Å². The van der Waals surface area contributed by atoms with Crippen molar-refractivity contribution in [3.8, 4) is 27.9 Å². The van der Waals surface area contributed by atoms with Crippen LogP contribution in [0.15, 0.2) is 243 Å². The summed E-state index contributed by atoms with van der Waals surface area (Å²) >= 11 is 0. The summed E-state index contributed by atoms with van der Waals surface area (Å²) in [5.74, 6) is 0. The molecule has 0 radical (unpaired) electrons. The smallest absolute Gasteiger partial charge is 0.0561 e. The Morgan fingerprint density at radius 3 is 1.74 bits per heavy atom. The van der Waals surface area contributed by atoms with Gasteiger partial charge in [0.15, 0.2) is 0 Å². The fraction of sp³-hybridized carbons (Fsp3) is 0.0312. The van der Waals surface area contributed by atoms with Crippen LogP contribution in [0.1, 0.15) is 29.5 Å². The highest BCUT2D eigenvalue weighted by atomic mass is 15.1. The molecule has 1 heterocycles. The van der Waals surface area contributed by atoms with Crippen LogP contribution in [0.2, 0.25) is 0 Å². The van der Waals surface area contributed by atoms with Crippen molar-refractivity contribution in [1.82, 2.24) is 4.57 Å². The molecule has 0 bridgehead atoms. The molecule has 10 aromatic carbocycles. The Bertz CT molecular complexity index is 3630. The van der Waals surface area contributed by atoms with Gasteiger partial charge >= 0.3 is 0 Å². The number of hydrogen-bond donors (Lipinski definition) is 0. The quantitative estimate of drug-likeness (QED) is 0.131. The number of allylic oxidation sites excluding steroid dienone is 4. The van der Waals surface area contributed by atoms with Gasteiger partial charge < -0.3 is 9.47 Å². The molecule has 0 saturated carbocycles. The number of anilines is 3. The summed E-state index contributed by atoms with van der Waals surface area (Å²) in [6, 6.07) is 81.7. The Hall–Kier alpha value is -8.46. The second kappa shape index (κ2) is 16.9. The average Bonchev–Trinajstić information content (AvgIpc) is 3.71. The van der Waals surface area contributed by atoms with Gasteiger partial charge in [0, 0.05) is 33.5 Å². The molecule has 312 valence electrons. The number of nitrogens with zero attached hydrogens (tertiary/aromatic N) is 2. The van der Waals surface area contributed by atoms with Crippen molar-refractivity contribution in [1.29, 1.82) is 0 Å². The highest BCUT2D eigenvalue weighted by Crippen LogP contribution is 2.42. The van der Waals surface area contributed by atoms with E-state index in [1.165, 1.54) is 82.3 Å². The minimum Gasteiger partial charge on any atom is -0.310 e. The van der Waals surface area contributed by atoms with Crippen molar-refractivity contribution < 1.29 is 0 Å². The summed E-state index contributed by atoms with van der Waals surface area (Å²) in [6.45, 7) is 0. The van der Waals surface area contributed by atoms with Gasteiger partial charge in [-0.2, -0.15) is 0 Å². The van der Waals surface area contributed by atoms with E-state index >= 15 is 0 Å². The zero-order valence-electron chi connectivity index (χ0n) is 36.6. The molecule has 0 spiro atoms. The van der Waals surface area contributed by atoms with E-state index in [9.17, 15) is 0 Å². The maximum absolute atomic E-state index is 2.41. The second-order valence-corrected chi connectivity index (χ2v) is 17.2. The van der Waals surface area contributed by atoms with Gasteiger partial charge in [0.25, 0.3) is 0 Å². The van der Waals surface area contributed by atoms with Crippen LogP contribution in [0.4, 0.5) is 17.1 Å². The predicted molar refractivity (Wildman–Crippen MR) is 283 cm³/mol. The fourth-order valence-electron chi connectivity index (χ4n) is 10.0. The summed E-state index contributed by atoms with van der Waals surface area (Å²) in [7, 11) is 0. The molecule has 11 aromatic rings. The van der Waals surface area contributed by atoms with E-state index in [0.29, 0.717) is 0 Å². The first kappa shape index (κ1) is 39.2. The van der Waals surface area contributed by atoms with Crippen LogP contribution in [-0.2, 0) is 0 Å². The third-order valence-electron chi connectivity index (χ3n) is 13.2. The molecule has 12 rings (SSSR count). The highest BCUT2D eigenvalue weighted by Gasteiger charge is 2.19. The van der Waals surface area contributed by atoms with Crippen molar-refractivity contribution in [3.63, 3.8) is 0 Å². The molecule has 0 unspecified atom stereocenters. The third kappa shape index (κ3) is 7.19. The molecule has 0 N–H and O–H groups in total. The van der Waals surface area contributed by atoms with E-state index in [2.05, 4.69) is 264 Å². The average molecular weight is 843 g/mol. The number of para-hydroxylation sites is 3. The lowest BCUT2D eigenvalue weighted by Crippen LogP contribution is -2.09. The van der Waals surface area contributed by atoms with Gasteiger partial charge in [-0.1, -0.05) is 188 Å². The van der Waals surface area contributed by atoms with Crippen LogP contribution < -0.4 is 4.90 Å². The SMILES string of the molecule is C1=CC(c2cccc3c(-c4ccc5cc(/C=C/c6ccc7c8ccc(N(c9ccccc9)c9ccccc9)cc8n(-c8ccccc8)c7c6)ccc5c4)ccc(-c4ccccc4)c23)=CCC1. The first-order valence-corrected chi connectivity index (χ1v) is 23.0. The van der Waals surface area contributed by atoms with E-state index in [0.717, 1.165) is 41.2 Å². The lowest BCUT2D eigenvalue weighted by molar-refractivity contribution is 1.04. The normalized spacial score (nSPS) is 12.7. The molecule has 0 aliphatic heterocycles. The molecule has 1 aliphatic rings. The van der Waals surface area contributed by atoms with Gasteiger partial charge in [-0.05, 0) is 146 Å². The van der Waals surface area contributed by atoms with Crippen molar-refractivity contribution in [2.75, 3.05) is 4.90 Å². The Morgan fingerprint density at radius 2 is 1.02 bits per heavy atom. The van der Waals surface area contributed by atoms with Crippen molar-refractivity contribution in [2.24, 2.45) is 0 Å². The van der Waals surface area contributed by atoms with Gasteiger partial charge in [-0.3, -0.25) is 0 Å². The summed E-state index contributed by atoms with van der Waals surface area (Å²) < 4.78 is 2.41. The van der Waals surface area contributed by atoms with Gasteiger partial charge in [-0.25, -0.2) is 0 Å². The zero-order chi connectivity index (χ0) is 43.8. The molecule has 0 fully saturated rings.